The lowest BCUT2D eigenvalue weighted by Crippen LogP contribution is -2.03. The number of rotatable bonds is 2. The topological polar surface area (TPSA) is 12.4 Å². The fraction of sp³-hybridized carbons (Fsp3) is 0.462. The van der Waals surface area contributed by atoms with E-state index in [1.165, 1.54) is 37.7 Å². The molecule has 0 atom stereocenters. The highest BCUT2D eigenvalue weighted by atomic mass is 32.1. The summed E-state index contributed by atoms with van der Waals surface area (Å²) >= 11 is 4.58. The summed E-state index contributed by atoms with van der Waals surface area (Å²) in [6.07, 6.45) is 6.85. The molecule has 1 aromatic rings. The molecule has 0 bridgehead atoms. The molecule has 15 heavy (non-hydrogen) atoms. The second-order valence-corrected chi connectivity index (χ2v) is 4.31. The van der Waals surface area contributed by atoms with E-state index >= 15 is 0 Å². The molecule has 2 heteroatoms. The smallest absolute Gasteiger partial charge is 0.0739 e. The van der Waals surface area contributed by atoms with Gasteiger partial charge in [-0.05, 0) is 48.7 Å². The summed E-state index contributed by atoms with van der Waals surface area (Å²) < 4.78 is 0. The SMILES string of the molecule is S=C=Nc1ccc(C2CCCCC2)cc1. The molecule has 1 fully saturated rings. The molecule has 0 amide bonds. The predicted octanol–water partition coefficient (Wildman–Crippen LogP) is 4.47. The van der Waals surface area contributed by atoms with Crippen molar-refractivity contribution in [3.05, 3.63) is 29.8 Å². The van der Waals surface area contributed by atoms with Gasteiger partial charge in [-0.3, -0.25) is 0 Å². The summed E-state index contributed by atoms with van der Waals surface area (Å²) in [5, 5.41) is 2.39. The van der Waals surface area contributed by atoms with Crippen molar-refractivity contribution in [1.82, 2.24) is 0 Å². The zero-order chi connectivity index (χ0) is 10.5. The van der Waals surface area contributed by atoms with Crippen LogP contribution in [0.15, 0.2) is 29.3 Å². The first kappa shape index (κ1) is 10.5. The number of hydrogen-bond acceptors (Lipinski definition) is 2. The summed E-state index contributed by atoms with van der Waals surface area (Å²) in [6, 6.07) is 8.43. The quantitative estimate of drug-likeness (QED) is 0.526. The van der Waals surface area contributed by atoms with Crippen LogP contribution in [0.2, 0.25) is 0 Å². The molecule has 1 nitrogen and oxygen atoms in total. The van der Waals surface area contributed by atoms with E-state index in [4.69, 9.17) is 0 Å². The maximum absolute atomic E-state index is 4.58. The number of benzene rings is 1. The molecule has 0 unspecified atom stereocenters. The average Bonchev–Trinajstić information content (AvgIpc) is 2.32. The number of thiocarbonyl (C=S) groups is 1. The van der Waals surface area contributed by atoms with Gasteiger partial charge in [0.25, 0.3) is 0 Å². The van der Waals surface area contributed by atoms with Crippen LogP contribution in [0.5, 0.6) is 0 Å². The van der Waals surface area contributed by atoms with Gasteiger partial charge < -0.3 is 0 Å². The van der Waals surface area contributed by atoms with Gasteiger partial charge in [-0.2, -0.15) is 4.99 Å². The van der Waals surface area contributed by atoms with Gasteiger partial charge in [-0.1, -0.05) is 31.4 Å². The molecule has 1 aliphatic rings. The Bertz CT molecular complexity index is 357. The summed E-state index contributed by atoms with van der Waals surface area (Å²) in [5.74, 6) is 0.768. The Morgan fingerprint density at radius 2 is 1.73 bits per heavy atom. The van der Waals surface area contributed by atoms with Crippen molar-refractivity contribution in [1.29, 1.82) is 0 Å². The highest BCUT2D eigenvalue weighted by Gasteiger charge is 2.14. The van der Waals surface area contributed by atoms with Crippen LogP contribution in [0.4, 0.5) is 5.69 Å². The fourth-order valence-corrected chi connectivity index (χ4v) is 2.42. The van der Waals surface area contributed by atoms with E-state index in [0.29, 0.717) is 0 Å². The molecule has 1 aliphatic carbocycles. The molecular weight excluding hydrogens is 202 g/mol. The second kappa shape index (κ2) is 5.20. The van der Waals surface area contributed by atoms with Crippen molar-refractivity contribution in [3.63, 3.8) is 0 Å². The Labute approximate surface area is 96.2 Å². The summed E-state index contributed by atoms with van der Waals surface area (Å²) in [5.41, 5.74) is 2.36. The molecule has 0 N–H and O–H groups in total. The lowest BCUT2D eigenvalue weighted by molar-refractivity contribution is 0.443. The highest BCUT2D eigenvalue weighted by Crippen LogP contribution is 2.33. The minimum atomic E-state index is 0.768. The fourth-order valence-electron chi connectivity index (χ4n) is 2.31. The first-order chi connectivity index (χ1) is 7.40. The van der Waals surface area contributed by atoms with E-state index in [2.05, 4.69) is 34.5 Å². The van der Waals surface area contributed by atoms with Crippen molar-refractivity contribution in [2.45, 2.75) is 38.0 Å². The van der Waals surface area contributed by atoms with Gasteiger partial charge in [0.05, 0.1) is 10.8 Å². The number of aliphatic imine (C=N–C) groups is 1. The monoisotopic (exact) mass is 217 g/mol. The van der Waals surface area contributed by atoms with E-state index in [1.54, 1.807) is 0 Å². The van der Waals surface area contributed by atoms with E-state index < -0.39 is 0 Å². The molecular formula is C13H15NS. The van der Waals surface area contributed by atoms with E-state index in [9.17, 15) is 0 Å². The van der Waals surface area contributed by atoms with Crippen LogP contribution in [-0.2, 0) is 0 Å². The summed E-state index contributed by atoms with van der Waals surface area (Å²) in [7, 11) is 0. The Balaban J connectivity index is 2.11. The van der Waals surface area contributed by atoms with Crippen molar-refractivity contribution in [3.8, 4) is 0 Å². The zero-order valence-electron chi connectivity index (χ0n) is 8.78. The van der Waals surface area contributed by atoms with Crippen LogP contribution in [0.25, 0.3) is 0 Å². The van der Waals surface area contributed by atoms with Gasteiger partial charge in [0.1, 0.15) is 0 Å². The minimum absolute atomic E-state index is 0.768. The van der Waals surface area contributed by atoms with Crippen LogP contribution >= 0.6 is 12.2 Å². The zero-order valence-corrected chi connectivity index (χ0v) is 9.59. The molecule has 0 spiro atoms. The van der Waals surface area contributed by atoms with Crippen molar-refractivity contribution in [2.75, 3.05) is 0 Å². The summed E-state index contributed by atoms with van der Waals surface area (Å²) in [4.78, 5) is 3.96. The van der Waals surface area contributed by atoms with E-state index in [0.717, 1.165) is 11.6 Å². The Morgan fingerprint density at radius 3 is 2.33 bits per heavy atom. The maximum atomic E-state index is 4.58. The van der Waals surface area contributed by atoms with Crippen molar-refractivity contribution < 1.29 is 0 Å². The molecule has 0 aliphatic heterocycles. The highest BCUT2D eigenvalue weighted by molar-refractivity contribution is 7.78. The van der Waals surface area contributed by atoms with E-state index in [1.807, 2.05) is 12.1 Å². The van der Waals surface area contributed by atoms with Crippen LogP contribution in [0, 0.1) is 0 Å². The molecule has 0 heterocycles. The maximum Gasteiger partial charge on any atom is 0.0739 e. The van der Waals surface area contributed by atoms with Gasteiger partial charge in [-0.15, -0.1) is 0 Å². The summed E-state index contributed by atoms with van der Waals surface area (Å²) in [6.45, 7) is 0. The van der Waals surface area contributed by atoms with Gasteiger partial charge in [0, 0.05) is 0 Å². The number of isothiocyanates is 1. The van der Waals surface area contributed by atoms with Crippen LogP contribution in [0.1, 0.15) is 43.6 Å². The number of hydrogen-bond donors (Lipinski definition) is 0. The first-order valence-corrected chi connectivity index (χ1v) is 5.99. The normalized spacial score (nSPS) is 17.1. The van der Waals surface area contributed by atoms with Gasteiger partial charge in [0.2, 0.25) is 0 Å². The van der Waals surface area contributed by atoms with Crippen LogP contribution < -0.4 is 0 Å². The van der Waals surface area contributed by atoms with Crippen molar-refractivity contribution in [2.24, 2.45) is 4.99 Å². The Hall–Kier alpha value is -0.980. The average molecular weight is 217 g/mol. The molecule has 2 rings (SSSR count). The van der Waals surface area contributed by atoms with Gasteiger partial charge >= 0.3 is 0 Å². The number of nitrogens with zero attached hydrogens (tertiary/aromatic N) is 1. The van der Waals surface area contributed by atoms with Gasteiger partial charge in [-0.25, -0.2) is 0 Å². The third-order valence-corrected chi connectivity index (χ3v) is 3.24. The van der Waals surface area contributed by atoms with Crippen LogP contribution in [0.3, 0.4) is 0 Å². The van der Waals surface area contributed by atoms with Gasteiger partial charge in [0.15, 0.2) is 0 Å². The third-order valence-electron chi connectivity index (χ3n) is 3.14. The lowest BCUT2D eigenvalue weighted by atomic mass is 9.84. The predicted molar refractivity (Wildman–Crippen MR) is 67.0 cm³/mol. The molecule has 1 saturated carbocycles. The second-order valence-electron chi connectivity index (χ2n) is 4.13. The first-order valence-electron chi connectivity index (χ1n) is 5.58. The largest absolute Gasteiger partial charge is 0.195 e. The molecule has 78 valence electrons. The lowest BCUT2D eigenvalue weighted by Gasteiger charge is -2.21. The Morgan fingerprint density at radius 1 is 1.07 bits per heavy atom. The van der Waals surface area contributed by atoms with Crippen LogP contribution in [-0.4, -0.2) is 5.16 Å². The Kier molecular flexibility index (Phi) is 3.65. The molecule has 0 saturated heterocycles. The molecule has 1 aromatic carbocycles. The van der Waals surface area contributed by atoms with Crippen molar-refractivity contribution >= 4 is 23.1 Å². The standard InChI is InChI=1S/C13H15NS/c15-10-14-13-8-6-12(7-9-13)11-4-2-1-3-5-11/h6-9,11H,1-5H2. The molecule has 0 aromatic heterocycles. The van der Waals surface area contributed by atoms with E-state index in [-0.39, 0.29) is 0 Å². The third kappa shape index (κ3) is 2.74. The minimum Gasteiger partial charge on any atom is -0.195 e. The molecule has 0 radical (unpaired) electrons.